The van der Waals surface area contributed by atoms with Gasteiger partial charge in [-0.2, -0.15) is 4.98 Å². The first-order chi connectivity index (χ1) is 14.8. The summed E-state index contributed by atoms with van der Waals surface area (Å²) in [4.78, 5) is 21.2. The highest BCUT2D eigenvalue weighted by molar-refractivity contribution is 7.13. The number of thiazole rings is 1. The number of nitrogens with zero attached hydrogens (tertiary/aromatic N) is 9. The van der Waals surface area contributed by atoms with E-state index >= 15 is 0 Å². The molecule has 2 atom stereocenters. The van der Waals surface area contributed by atoms with Crippen molar-refractivity contribution in [1.29, 1.82) is 0 Å². The first-order valence-electron chi connectivity index (χ1n) is 10.3. The molecular weight excluding hydrogens is 398 g/mol. The molecule has 2 fully saturated rings. The van der Waals surface area contributed by atoms with Crippen LogP contribution in [0.3, 0.4) is 0 Å². The average molecular weight is 418 g/mol. The van der Waals surface area contributed by atoms with E-state index in [1.165, 1.54) is 19.3 Å². The third kappa shape index (κ3) is 2.01. The van der Waals surface area contributed by atoms with Crippen LogP contribution in [0.2, 0.25) is 0 Å². The minimum atomic E-state index is -0.104. The summed E-state index contributed by atoms with van der Waals surface area (Å²) in [5, 5.41) is 11.6. The number of hydrogen-bond acceptors (Lipinski definition) is 8. The highest BCUT2D eigenvalue weighted by atomic mass is 32.1. The van der Waals surface area contributed by atoms with Gasteiger partial charge in [0.1, 0.15) is 17.6 Å². The van der Waals surface area contributed by atoms with Crippen LogP contribution in [0.1, 0.15) is 38.4 Å². The molecule has 30 heavy (non-hydrogen) atoms. The van der Waals surface area contributed by atoms with Crippen LogP contribution in [0.4, 0.5) is 5.82 Å². The van der Waals surface area contributed by atoms with Crippen molar-refractivity contribution in [3.63, 3.8) is 0 Å². The Labute approximate surface area is 176 Å². The Morgan fingerprint density at radius 1 is 1.13 bits per heavy atom. The monoisotopic (exact) mass is 417 g/mol. The van der Waals surface area contributed by atoms with Gasteiger partial charge in [0.25, 0.3) is 0 Å². The smallest absolute Gasteiger partial charge is 0.237 e. The molecule has 0 N–H and O–H groups in total. The van der Waals surface area contributed by atoms with Crippen molar-refractivity contribution in [2.45, 2.75) is 44.2 Å². The summed E-state index contributed by atoms with van der Waals surface area (Å²) >= 11 is 1.56. The summed E-state index contributed by atoms with van der Waals surface area (Å²) in [5.41, 5.74) is 0.846. The van der Waals surface area contributed by atoms with Gasteiger partial charge in [-0.05, 0) is 31.6 Å². The Morgan fingerprint density at radius 3 is 2.77 bits per heavy atom. The third-order valence-corrected chi connectivity index (χ3v) is 7.55. The van der Waals surface area contributed by atoms with E-state index in [0.717, 1.165) is 34.6 Å². The predicted octanol–water partition coefficient (Wildman–Crippen LogP) is 2.97. The van der Waals surface area contributed by atoms with E-state index in [2.05, 4.69) is 36.6 Å². The van der Waals surface area contributed by atoms with Crippen LogP contribution >= 0.6 is 11.3 Å². The fourth-order valence-corrected chi connectivity index (χ4v) is 5.61. The maximum absolute atomic E-state index is 5.10. The van der Waals surface area contributed by atoms with Crippen LogP contribution in [0.5, 0.6) is 0 Å². The van der Waals surface area contributed by atoms with Crippen molar-refractivity contribution in [3.05, 3.63) is 42.3 Å². The second-order valence-corrected chi connectivity index (χ2v) is 9.24. The molecule has 4 aromatic heterocycles. The van der Waals surface area contributed by atoms with E-state index < -0.39 is 0 Å². The van der Waals surface area contributed by atoms with Crippen molar-refractivity contribution < 1.29 is 0 Å². The van der Waals surface area contributed by atoms with Crippen LogP contribution in [-0.4, -0.2) is 45.3 Å². The molecule has 9 nitrogen and oxygen atoms in total. The van der Waals surface area contributed by atoms with Gasteiger partial charge in [-0.3, -0.25) is 9.13 Å². The molecule has 0 amide bonds. The number of anilines is 1. The maximum Gasteiger partial charge on any atom is 0.237 e. The SMILES string of the molecule is C[C@H]1CC12c1nncn1-c1cnc(-n3ccnc3-c3nccs3)nc1N2C1CCC1. The average Bonchev–Trinajstić information content (AvgIpc) is 3.28. The number of aromatic nitrogens is 8. The zero-order valence-electron chi connectivity index (χ0n) is 16.4. The largest absolute Gasteiger partial charge is 0.338 e. The summed E-state index contributed by atoms with van der Waals surface area (Å²) in [6, 6.07) is 0.489. The zero-order chi connectivity index (χ0) is 19.9. The highest BCUT2D eigenvalue weighted by Crippen LogP contribution is 2.61. The zero-order valence-corrected chi connectivity index (χ0v) is 17.2. The van der Waals surface area contributed by atoms with Gasteiger partial charge >= 0.3 is 0 Å². The first kappa shape index (κ1) is 16.6. The lowest BCUT2D eigenvalue weighted by atomic mass is 9.88. The Morgan fingerprint density at radius 2 is 2.03 bits per heavy atom. The summed E-state index contributed by atoms with van der Waals surface area (Å²) < 4.78 is 4.00. The van der Waals surface area contributed by atoms with E-state index in [-0.39, 0.29) is 5.54 Å². The van der Waals surface area contributed by atoms with Crippen LogP contribution in [-0.2, 0) is 5.54 Å². The van der Waals surface area contributed by atoms with Crippen LogP contribution < -0.4 is 4.90 Å². The second-order valence-electron chi connectivity index (χ2n) is 8.35. The molecule has 150 valence electrons. The molecule has 5 heterocycles. The van der Waals surface area contributed by atoms with Crippen molar-refractivity contribution >= 4 is 17.2 Å². The van der Waals surface area contributed by atoms with Crippen molar-refractivity contribution in [3.8, 4) is 22.5 Å². The molecule has 2 saturated carbocycles. The summed E-state index contributed by atoms with van der Waals surface area (Å²) in [6.45, 7) is 2.30. The van der Waals surface area contributed by atoms with Crippen LogP contribution in [0, 0.1) is 5.92 Å². The van der Waals surface area contributed by atoms with E-state index in [1.54, 1.807) is 30.1 Å². The lowest BCUT2D eigenvalue weighted by Crippen LogP contribution is -2.52. The van der Waals surface area contributed by atoms with Gasteiger partial charge in [0.2, 0.25) is 5.95 Å². The molecule has 3 aliphatic rings. The highest BCUT2D eigenvalue weighted by Gasteiger charge is 2.64. The number of hydrogen-bond donors (Lipinski definition) is 0. The number of rotatable bonds is 3. The van der Waals surface area contributed by atoms with Gasteiger partial charge in [-0.1, -0.05) is 6.92 Å². The predicted molar refractivity (Wildman–Crippen MR) is 111 cm³/mol. The Kier molecular flexibility index (Phi) is 3.17. The standard InChI is InChI=1S/C20H19N9S/c1-12-9-20(12)18-26-24-11-28(18)14-10-23-19(25-15(14)29(20)13-3-2-4-13)27-7-5-21-16(27)17-22-6-8-30-17/h5-8,10-13H,2-4,9H2,1H3/t12-,20?/m0/s1. The van der Waals surface area contributed by atoms with Crippen LogP contribution in [0.15, 0.2) is 36.5 Å². The molecular formula is C20H19N9S. The molecule has 1 unspecified atom stereocenters. The molecule has 0 bridgehead atoms. The third-order valence-electron chi connectivity index (χ3n) is 6.78. The normalized spacial score (nSPS) is 24.6. The Hall–Kier alpha value is -3.14. The van der Waals surface area contributed by atoms with E-state index in [0.29, 0.717) is 17.9 Å². The minimum absolute atomic E-state index is 0.104. The van der Waals surface area contributed by atoms with Crippen molar-refractivity contribution in [2.75, 3.05) is 4.90 Å². The number of fused-ring (bicyclic) bond motifs is 4. The molecule has 7 rings (SSSR count). The molecule has 0 aromatic carbocycles. The lowest BCUT2D eigenvalue weighted by molar-refractivity contribution is 0.327. The molecule has 10 heteroatoms. The number of imidazole rings is 1. The topological polar surface area (TPSA) is 90.4 Å². The van der Waals surface area contributed by atoms with E-state index in [1.807, 2.05) is 22.3 Å². The van der Waals surface area contributed by atoms with Crippen molar-refractivity contribution in [2.24, 2.45) is 5.92 Å². The molecule has 1 spiro atoms. The van der Waals surface area contributed by atoms with Gasteiger partial charge in [-0.25, -0.2) is 15.0 Å². The van der Waals surface area contributed by atoms with Gasteiger partial charge in [0, 0.05) is 30.0 Å². The van der Waals surface area contributed by atoms with Gasteiger partial charge in [0.05, 0.1) is 6.20 Å². The molecule has 4 aromatic rings. The Bertz CT molecular complexity index is 1260. The van der Waals surface area contributed by atoms with E-state index in [4.69, 9.17) is 9.97 Å². The quantitative estimate of drug-likeness (QED) is 0.506. The van der Waals surface area contributed by atoms with Crippen molar-refractivity contribution in [1.82, 2.24) is 39.3 Å². The Balaban J connectivity index is 1.43. The lowest BCUT2D eigenvalue weighted by Gasteiger charge is -2.47. The van der Waals surface area contributed by atoms with Crippen LogP contribution in [0.25, 0.3) is 22.5 Å². The molecule has 0 saturated heterocycles. The second kappa shape index (κ2) is 5.72. The molecule has 0 radical (unpaired) electrons. The fraction of sp³-hybridized carbons (Fsp3) is 0.400. The molecule has 1 aliphatic heterocycles. The summed E-state index contributed by atoms with van der Waals surface area (Å²) in [6.07, 6.45) is 13.9. The summed E-state index contributed by atoms with van der Waals surface area (Å²) in [5.74, 6) is 3.89. The fourth-order valence-electron chi connectivity index (χ4n) is 4.98. The van der Waals surface area contributed by atoms with Gasteiger partial charge in [0.15, 0.2) is 22.5 Å². The van der Waals surface area contributed by atoms with E-state index in [9.17, 15) is 0 Å². The molecule has 2 aliphatic carbocycles. The first-order valence-corrected chi connectivity index (χ1v) is 11.2. The summed E-state index contributed by atoms with van der Waals surface area (Å²) in [7, 11) is 0. The minimum Gasteiger partial charge on any atom is -0.338 e. The van der Waals surface area contributed by atoms with Gasteiger partial charge < -0.3 is 4.90 Å². The maximum atomic E-state index is 5.10. The van der Waals surface area contributed by atoms with Gasteiger partial charge in [-0.15, -0.1) is 21.5 Å².